The Kier molecular flexibility index (Phi) is 5.05. The number of anilines is 1. The fraction of sp³-hybridized carbons (Fsp3) is 0.435. The summed E-state index contributed by atoms with van der Waals surface area (Å²) in [4.78, 5) is 17.1. The van der Waals surface area contributed by atoms with Crippen molar-refractivity contribution in [1.82, 2.24) is 4.90 Å². The number of alkyl halides is 3. The van der Waals surface area contributed by atoms with Gasteiger partial charge in [-0.3, -0.25) is 4.79 Å². The molecule has 0 bridgehead atoms. The summed E-state index contributed by atoms with van der Waals surface area (Å²) in [5, 5.41) is 0. The monoisotopic (exact) mass is 402 g/mol. The molecule has 1 amide bonds. The first kappa shape index (κ1) is 19.8. The van der Waals surface area contributed by atoms with Gasteiger partial charge in [-0.25, -0.2) is 0 Å². The van der Waals surface area contributed by atoms with Crippen LogP contribution in [-0.4, -0.2) is 37.0 Å². The number of rotatable bonds is 3. The van der Waals surface area contributed by atoms with E-state index in [4.69, 9.17) is 0 Å². The molecule has 3 nitrogen and oxygen atoms in total. The number of nitrogens with zero attached hydrogens (tertiary/aromatic N) is 2. The molecule has 0 aromatic heterocycles. The highest BCUT2D eigenvalue weighted by Crippen LogP contribution is 2.49. The Hall–Kier alpha value is -2.50. The molecule has 0 radical (unpaired) electrons. The molecular weight excluding hydrogens is 377 g/mol. The van der Waals surface area contributed by atoms with Crippen LogP contribution in [0.25, 0.3) is 0 Å². The summed E-state index contributed by atoms with van der Waals surface area (Å²) in [6, 6.07) is 11.8. The van der Waals surface area contributed by atoms with Gasteiger partial charge in [-0.15, -0.1) is 0 Å². The largest absolute Gasteiger partial charge is 0.416 e. The van der Waals surface area contributed by atoms with Crippen molar-refractivity contribution in [2.24, 2.45) is 5.92 Å². The number of benzene rings is 2. The third-order valence-electron chi connectivity index (χ3n) is 6.05. The number of carbonyl (C=O) groups excluding carboxylic acids is 1. The highest BCUT2D eigenvalue weighted by Gasteiger charge is 2.46. The Labute approximate surface area is 169 Å². The predicted molar refractivity (Wildman–Crippen MR) is 107 cm³/mol. The number of carbonyl (C=O) groups is 1. The van der Waals surface area contributed by atoms with Gasteiger partial charge in [0, 0.05) is 37.8 Å². The van der Waals surface area contributed by atoms with Crippen molar-refractivity contribution in [1.29, 1.82) is 0 Å². The Balaban J connectivity index is 1.37. The average molecular weight is 402 g/mol. The van der Waals surface area contributed by atoms with E-state index in [0.717, 1.165) is 19.2 Å². The Morgan fingerprint density at radius 3 is 2.41 bits per heavy atom. The SMILES string of the molecule is Cc1ccc(C)c(N2CCN(C(=O)[C@H]3CC3c3cccc(C(F)(F)F)c3)CC2)c1. The van der Waals surface area contributed by atoms with Crippen molar-refractivity contribution >= 4 is 11.6 Å². The van der Waals surface area contributed by atoms with Gasteiger partial charge in [0.1, 0.15) is 0 Å². The zero-order chi connectivity index (χ0) is 20.8. The summed E-state index contributed by atoms with van der Waals surface area (Å²) in [7, 11) is 0. The quantitative estimate of drug-likeness (QED) is 0.738. The second-order valence-electron chi connectivity index (χ2n) is 8.17. The molecule has 2 aromatic rings. The van der Waals surface area contributed by atoms with Gasteiger partial charge in [-0.05, 0) is 55.0 Å². The van der Waals surface area contributed by atoms with E-state index in [1.165, 1.54) is 28.9 Å². The van der Waals surface area contributed by atoms with Gasteiger partial charge in [0.25, 0.3) is 0 Å². The minimum atomic E-state index is -4.35. The lowest BCUT2D eigenvalue weighted by Crippen LogP contribution is -2.49. The zero-order valence-corrected chi connectivity index (χ0v) is 16.7. The smallest absolute Gasteiger partial charge is 0.368 e. The lowest BCUT2D eigenvalue weighted by atomic mass is 10.0. The molecule has 2 aromatic carbocycles. The van der Waals surface area contributed by atoms with Crippen LogP contribution < -0.4 is 4.90 Å². The number of aryl methyl sites for hydroxylation is 2. The number of halogens is 3. The summed E-state index contributed by atoms with van der Waals surface area (Å²) >= 11 is 0. The van der Waals surface area contributed by atoms with Crippen LogP contribution in [0.15, 0.2) is 42.5 Å². The van der Waals surface area contributed by atoms with Gasteiger partial charge in [0.05, 0.1) is 5.56 Å². The molecular formula is C23H25F3N2O. The molecule has 1 saturated heterocycles. The van der Waals surface area contributed by atoms with E-state index in [2.05, 4.69) is 36.9 Å². The van der Waals surface area contributed by atoms with Gasteiger partial charge in [-0.2, -0.15) is 13.2 Å². The van der Waals surface area contributed by atoms with E-state index in [1.54, 1.807) is 6.07 Å². The van der Waals surface area contributed by atoms with Crippen LogP contribution in [0, 0.1) is 19.8 Å². The molecule has 0 spiro atoms. The molecule has 154 valence electrons. The number of hydrogen-bond acceptors (Lipinski definition) is 2. The van der Waals surface area contributed by atoms with Crippen molar-refractivity contribution in [2.75, 3.05) is 31.1 Å². The van der Waals surface area contributed by atoms with Gasteiger partial charge in [-0.1, -0.05) is 30.3 Å². The van der Waals surface area contributed by atoms with Crippen LogP contribution in [0.4, 0.5) is 18.9 Å². The summed E-state index contributed by atoms with van der Waals surface area (Å²) < 4.78 is 38.8. The topological polar surface area (TPSA) is 23.6 Å². The Bertz CT molecular complexity index is 917. The molecule has 2 fully saturated rings. The Morgan fingerprint density at radius 1 is 1.00 bits per heavy atom. The lowest BCUT2D eigenvalue weighted by molar-refractivity contribution is -0.137. The van der Waals surface area contributed by atoms with Crippen LogP contribution in [0.2, 0.25) is 0 Å². The molecule has 1 aliphatic carbocycles. The highest BCUT2D eigenvalue weighted by molar-refractivity contribution is 5.83. The normalized spacial score (nSPS) is 22.0. The number of piperazine rings is 1. The number of hydrogen-bond donors (Lipinski definition) is 0. The molecule has 0 N–H and O–H groups in total. The maximum Gasteiger partial charge on any atom is 0.416 e. The molecule has 1 saturated carbocycles. The zero-order valence-electron chi connectivity index (χ0n) is 16.7. The second kappa shape index (κ2) is 7.39. The maximum absolute atomic E-state index is 12.9. The molecule has 2 aliphatic rings. The van der Waals surface area contributed by atoms with E-state index >= 15 is 0 Å². The van der Waals surface area contributed by atoms with Crippen LogP contribution >= 0.6 is 0 Å². The molecule has 29 heavy (non-hydrogen) atoms. The second-order valence-corrected chi connectivity index (χ2v) is 8.17. The summed E-state index contributed by atoms with van der Waals surface area (Å²) in [5.74, 6) is -0.208. The van der Waals surface area contributed by atoms with Crippen LogP contribution in [0.5, 0.6) is 0 Å². The first-order valence-electron chi connectivity index (χ1n) is 10.0. The van der Waals surface area contributed by atoms with E-state index in [1.807, 2.05) is 4.90 Å². The third kappa shape index (κ3) is 4.11. The van der Waals surface area contributed by atoms with E-state index in [-0.39, 0.29) is 17.7 Å². The van der Waals surface area contributed by atoms with E-state index < -0.39 is 11.7 Å². The minimum absolute atomic E-state index is 0.0769. The first-order valence-corrected chi connectivity index (χ1v) is 10.0. The molecule has 4 rings (SSSR count). The molecule has 1 unspecified atom stereocenters. The fourth-order valence-corrected chi connectivity index (χ4v) is 4.24. The fourth-order valence-electron chi connectivity index (χ4n) is 4.24. The van der Waals surface area contributed by atoms with Crippen LogP contribution in [0.1, 0.15) is 34.6 Å². The van der Waals surface area contributed by atoms with Crippen molar-refractivity contribution < 1.29 is 18.0 Å². The van der Waals surface area contributed by atoms with Crippen LogP contribution in [0.3, 0.4) is 0 Å². The van der Waals surface area contributed by atoms with E-state index in [9.17, 15) is 18.0 Å². The van der Waals surface area contributed by atoms with Gasteiger partial charge >= 0.3 is 6.18 Å². The molecule has 2 atom stereocenters. The third-order valence-corrected chi connectivity index (χ3v) is 6.05. The standard InChI is InChI=1S/C23H25F3N2O/c1-15-6-7-16(2)21(12-15)27-8-10-28(11-9-27)22(29)20-14-19(20)17-4-3-5-18(13-17)23(24,25)26/h3-7,12-13,19-20H,8-11,14H2,1-2H3/t19?,20-/m0/s1. The molecule has 6 heteroatoms. The van der Waals surface area contributed by atoms with Crippen molar-refractivity contribution in [3.63, 3.8) is 0 Å². The highest BCUT2D eigenvalue weighted by atomic mass is 19.4. The van der Waals surface area contributed by atoms with Crippen molar-refractivity contribution in [3.05, 3.63) is 64.7 Å². The summed E-state index contributed by atoms with van der Waals surface area (Å²) in [6.45, 7) is 7.02. The Morgan fingerprint density at radius 2 is 1.72 bits per heavy atom. The maximum atomic E-state index is 12.9. The predicted octanol–water partition coefficient (Wildman–Crippen LogP) is 4.77. The van der Waals surface area contributed by atoms with Crippen molar-refractivity contribution in [3.8, 4) is 0 Å². The van der Waals surface area contributed by atoms with Gasteiger partial charge < -0.3 is 9.80 Å². The summed E-state index contributed by atoms with van der Waals surface area (Å²) in [5.41, 5.74) is 3.63. The first-order chi connectivity index (χ1) is 13.7. The minimum Gasteiger partial charge on any atom is -0.368 e. The number of amides is 1. The molecule has 1 aliphatic heterocycles. The van der Waals surface area contributed by atoms with Crippen LogP contribution in [-0.2, 0) is 11.0 Å². The van der Waals surface area contributed by atoms with Gasteiger partial charge in [0.2, 0.25) is 5.91 Å². The molecule has 1 heterocycles. The lowest BCUT2D eigenvalue weighted by Gasteiger charge is -2.37. The summed E-state index contributed by atoms with van der Waals surface area (Å²) in [6.07, 6.45) is -3.72. The van der Waals surface area contributed by atoms with Crippen molar-refractivity contribution in [2.45, 2.75) is 32.4 Å². The van der Waals surface area contributed by atoms with E-state index in [0.29, 0.717) is 25.1 Å². The average Bonchev–Trinajstić information content (AvgIpc) is 3.50. The van der Waals surface area contributed by atoms with Gasteiger partial charge in [0.15, 0.2) is 0 Å².